The number of hydrogen-bond acceptors (Lipinski definition) is 5. The number of nitrogens with zero attached hydrogens (tertiary/aromatic N) is 2. The lowest BCUT2D eigenvalue weighted by Gasteiger charge is -2.15. The van der Waals surface area contributed by atoms with E-state index in [1.807, 2.05) is 19.9 Å². The van der Waals surface area contributed by atoms with Gasteiger partial charge >= 0.3 is 0 Å². The van der Waals surface area contributed by atoms with Crippen LogP contribution in [0, 0.1) is 0 Å². The van der Waals surface area contributed by atoms with E-state index in [1.165, 1.54) is 16.3 Å². The highest BCUT2D eigenvalue weighted by Crippen LogP contribution is 2.20. The third kappa shape index (κ3) is 5.29. The second-order valence-electron chi connectivity index (χ2n) is 5.99. The van der Waals surface area contributed by atoms with Crippen molar-refractivity contribution in [2.24, 2.45) is 0 Å². The van der Waals surface area contributed by atoms with Crippen LogP contribution in [0.25, 0.3) is 10.9 Å². The molecule has 8 heteroatoms. The van der Waals surface area contributed by atoms with Crippen molar-refractivity contribution in [1.29, 1.82) is 0 Å². The molecule has 2 N–H and O–H groups in total. The predicted octanol–water partition coefficient (Wildman–Crippen LogP) is 2.55. The number of nitrogens with one attached hydrogen (secondary N) is 1. The van der Waals surface area contributed by atoms with Gasteiger partial charge in [-0.2, -0.15) is 0 Å². The van der Waals surface area contributed by atoms with Crippen LogP contribution in [0.5, 0.6) is 0 Å². The smallest absolute Gasteiger partial charge is 0.262 e. The van der Waals surface area contributed by atoms with E-state index in [9.17, 15) is 14.7 Å². The van der Waals surface area contributed by atoms with Crippen molar-refractivity contribution in [3.63, 3.8) is 0 Å². The van der Waals surface area contributed by atoms with Crippen molar-refractivity contribution in [3.05, 3.63) is 33.0 Å². The van der Waals surface area contributed by atoms with E-state index in [4.69, 9.17) is 0 Å². The van der Waals surface area contributed by atoms with Gasteiger partial charge in [0, 0.05) is 10.5 Å². The van der Waals surface area contributed by atoms with Crippen LogP contribution in [0.15, 0.2) is 32.6 Å². The van der Waals surface area contributed by atoms with Crippen LogP contribution in [0.2, 0.25) is 0 Å². The fraction of sp³-hybridized carbons (Fsp3) is 0.471. The minimum absolute atomic E-state index is 0.104. The van der Waals surface area contributed by atoms with Gasteiger partial charge in [0.2, 0.25) is 5.91 Å². The summed E-state index contributed by atoms with van der Waals surface area (Å²) < 4.78 is 2.22. The Hall–Kier alpha value is -1.38. The van der Waals surface area contributed by atoms with Crippen LogP contribution in [0.4, 0.5) is 0 Å². The monoisotopic (exact) mass is 427 g/mol. The van der Waals surface area contributed by atoms with Gasteiger partial charge in [0.25, 0.3) is 5.56 Å². The topological polar surface area (TPSA) is 84.2 Å². The van der Waals surface area contributed by atoms with Crippen LogP contribution in [-0.2, 0) is 11.3 Å². The summed E-state index contributed by atoms with van der Waals surface area (Å²) >= 11 is 4.56. The molecule has 2 atom stereocenters. The van der Waals surface area contributed by atoms with Crippen molar-refractivity contribution >= 4 is 44.5 Å². The predicted molar refractivity (Wildman–Crippen MR) is 104 cm³/mol. The third-order valence-electron chi connectivity index (χ3n) is 3.68. The fourth-order valence-electron chi connectivity index (χ4n) is 2.26. The van der Waals surface area contributed by atoms with Crippen molar-refractivity contribution in [2.75, 3.05) is 5.75 Å². The largest absolute Gasteiger partial charge is 0.392 e. The molecule has 2 aromatic rings. The number of aromatic nitrogens is 2. The molecule has 0 radical (unpaired) electrons. The first-order chi connectivity index (χ1) is 11.8. The Morgan fingerprint density at radius 2 is 2.16 bits per heavy atom. The minimum atomic E-state index is -0.697. The normalized spacial score (nSPS) is 13.6. The molecule has 1 aromatic heterocycles. The summed E-state index contributed by atoms with van der Waals surface area (Å²) in [5.74, 6) is 0.0617. The van der Waals surface area contributed by atoms with Gasteiger partial charge in [0.15, 0.2) is 5.16 Å². The van der Waals surface area contributed by atoms with Crippen LogP contribution in [0.3, 0.4) is 0 Å². The van der Waals surface area contributed by atoms with E-state index >= 15 is 0 Å². The summed E-state index contributed by atoms with van der Waals surface area (Å²) in [6, 6.07) is 5.40. The number of benzene rings is 1. The van der Waals surface area contributed by atoms with Gasteiger partial charge in [-0.05, 0) is 38.5 Å². The molecule has 0 aliphatic rings. The maximum atomic E-state index is 12.8. The number of hydrogen-bond donors (Lipinski definition) is 2. The average molecular weight is 428 g/mol. The molecule has 0 saturated heterocycles. The summed E-state index contributed by atoms with van der Waals surface area (Å²) in [6.07, 6.45) is 0.157. The van der Waals surface area contributed by atoms with Crippen molar-refractivity contribution in [1.82, 2.24) is 14.9 Å². The van der Waals surface area contributed by atoms with Gasteiger partial charge < -0.3 is 10.4 Å². The second kappa shape index (κ2) is 8.82. The molecule has 25 heavy (non-hydrogen) atoms. The Morgan fingerprint density at radius 1 is 1.44 bits per heavy atom. The third-order valence-corrected chi connectivity index (χ3v) is 5.15. The number of halogens is 1. The van der Waals surface area contributed by atoms with Crippen LogP contribution in [-0.4, -0.2) is 38.5 Å². The minimum Gasteiger partial charge on any atom is -0.392 e. The van der Waals surface area contributed by atoms with E-state index in [0.717, 1.165) is 10.9 Å². The van der Waals surface area contributed by atoms with Crippen LogP contribution < -0.4 is 10.9 Å². The molecule has 136 valence electrons. The SMILES string of the molecule is CC[C@@H](C)NC(=O)CSc1nc2ccc(Br)cc2c(=O)n1C[C@@H](C)O. The molecule has 0 spiro atoms. The van der Waals surface area contributed by atoms with Gasteiger partial charge in [0.05, 0.1) is 29.3 Å². The lowest BCUT2D eigenvalue weighted by atomic mass is 10.2. The zero-order chi connectivity index (χ0) is 18.6. The number of rotatable bonds is 7. The zero-order valence-electron chi connectivity index (χ0n) is 14.5. The highest BCUT2D eigenvalue weighted by Gasteiger charge is 2.15. The first-order valence-electron chi connectivity index (χ1n) is 8.12. The van der Waals surface area contributed by atoms with Gasteiger partial charge in [0.1, 0.15) is 0 Å². The number of fused-ring (bicyclic) bond motifs is 1. The molecular weight excluding hydrogens is 406 g/mol. The second-order valence-corrected chi connectivity index (χ2v) is 7.84. The molecular formula is C17H22BrN3O3S. The number of aliphatic hydroxyl groups is 1. The number of amides is 1. The molecule has 2 rings (SSSR count). The summed E-state index contributed by atoms with van der Waals surface area (Å²) in [5, 5.41) is 13.5. The van der Waals surface area contributed by atoms with Crippen molar-refractivity contribution < 1.29 is 9.90 Å². The number of aliphatic hydroxyl groups excluding tert-OH is 1. The molecule has 0 fully saturated rings. The fourth-order valence-corrected chi connectivity index (χ4v) is 3.44. The Bertz CT molecular complexity index is 823. The first kappa shape index (κ1) is 19.9. The molecule has 6 nitrogen and oxygen atoms in total. The highest BCUT2D eigenvalue weighted by molar-refractivity contribution is 9.10. The molecule has 1 amide bonds. The molecule has 0 bridgehead atoms. The summed E-state index contributed by atoms with van der Waals surface area (Å²) in [7, 11) is 0. The summed E-state index contributed by atoms with van der Waals surface area (Å²) in [5.41, 5.74) is 0.344. The van der Waals surface area contributed by atoms with E-state index in [-0.39, 0.29) is 29.8 Å². The lowest BCUT2D eigenvalue weighted by molar-refractivity contribution is -0.119. The first-order valence-corrected chi connectivity index (χ1v) is 9.90. The van der Waals surface area contributed by atoms with E-state index in [1.54, 1.807) is 19.1 Å². The van der Waals surface area contributed by atoms with Gasteiger partial charge in [-0.15, -0.1) is 0 Å². The maximum Gasteiger partial charge on any atom is 0.262 e. The molecule has 0 saturated carbocycles. The Balaban J connectivity index is 2.35. The van der Waals surface area contributed by atoms with E-state index in [2.05, 4.69) is 26.2 Å². The average Bonchev–Trinajstić information content (AvgIpc) is 2.56. The number of carbonyl (C=O) groups is 1. The van der Waals surface area contributed by atoms with E-state index in [0.29, 0.717) is 16.1 Å². The highest BCUT2D eigenvalue weighted by atomic mass is 79.9. The number of thioether (sulfide) groups is 1. The molecule has 0 unspecified atom stereocenters. The van der Waals surface area contributed by atoms with E-state index < -0.39 is 6.10 Å². The zero-order valence-corrected chi connectivity index (χ0v) is 16.9. The Kier molecular flexibility index (Phi) is 7.04. The van der Waals surface area contributed by atoms with Gasteiger partial charge in [-0.25, -0.2) is 4.98 Å². The molecule has 0 aliphatic heterocycles. The van der Waals surface area contributed by atoms with Gasteiger partial charge in [-0.1, -0.05) is 34.6 Å². The van der Waals surface area contributed by atoms with Gasteiger partial charge in [-0.3, -0.25) is 14.2 Å². The molecule has 0 aliphatic carbocycles. The Morgan fingerprint density at radius 3 is 2.80 bits per heavy atom. The van der Waals surface area contributed by atoms with Crippen LogP contribution >= 0.6 is 27.7 Å². The Labute approximate surface area is 159 Å². The quantitative estimate of drug-likeness (QED) is 0.523. The summed E-state index contributed by atoms with van der Waals surface area (Å²) in [4.78, 5) is 29.3. The lowest BCUT2D eigenvalue weighted by Crippen LogP contribution is -2.33. The summed E-state index contributed by atoms with van der Waals surface area (Å²) in [6.45, 7) is 5.69. The molecule has 1 heterocycles. The molecule has 1 aromatic carbocycles. The van der Waals surface area contributed by atoms with Crippen LogP contribution in [0.1, 0.15) is 27.2 Å². The van der Waals surface area contributed by atoms with Crippen molar-refractivity contribution in [2.45, 2.75) is 51.0 Å². The number of carbonyl (C=O) groups excluding carboxylic acids is 1. The van der Waals surface area contributed by atoms with Crippen molar-refractivity contribution in [3.8, 4) is 0 Å². The maximum absolute atomic E-state index is 12.8. The standard InChI is InChI=1S/C17H22BrN3O3S/c1-4-10(2)19-15(23)9-25-17-20-14-6-5-12(18)7-13(14)16(24)21(17)8-11(3)22/h5-7,10-11,22H,4,8-9H2,1-3H3,(H,19,23)/t10-,11-/m1/s1.